The Kier molecular flexibility index (Phi) is 5.16. The van der Waals surface area contributed by atoms with Gasteiger partial charge in [0.2, 0.25) is 0 Å². The maximum atomic E-state index is 13.7. The van der Waals surface area contributed by atoms with E-state index in [1.54, 1.807) is 19.1 Å². The Morgan fingerprint density at radius 2 is 1.74 bits per heavy atom. The molecule has 0 bridgehead atoms. The highest BCUT2D eigenvalue weighted by molar-refractivity contribution is 6.42. The molecule has 1 aliphatic rings. The van der Waals surface area contributed by atoms with Crippen LogP contribution in [0.4, 0.5) is 30.6 Å². The van der Waals surface area contributed by atoms with Gasteiger partial charge in [0.05, 0.1) is 27.5 Å². The van der Waals surface area contributed by atoms with Gasteiger partial charge in [0.15, 0.2) is 0 Å². The number of aryl methyl sites for hydroxylation is 1. The van der Waals surface area contributed by atoms with Crippen molar-refractivity contribution in [3.8, 4) is 0 Å². The highest BCUT2D eigenvalue weighted by Crippen LogP contribution is 2.34. The quantitative estimate of drug-likeness (QED) is 0.536. The molecule has 6 nitrogen and oxygen atoms in total. The number of carbonyl (C=O) groups is 3. The Balaban J connectivity index is 1.54. The lowest BCUT2D eigenvalue weighted by Gasteiger charge is -2.18. The summed E-state index contributed by atoms with van der Waals surface area (Å²) in [6, 6.07) is 11.3. The van der Waals surface area contributed by atoms with Crippen molar-refractivity contribution in [1.29, 1.82) is 0 Å². The molecule has 0 aromatic heterocycles. The smallest absolute Gasteiger partial charge is 0.308 e. The number of urea groups is 1. The first-order valence-corrected chi connectivity index (χ1v) is 9.45. The number of benzene rings is 3. The Morgan fingerprint density at radius 3 is 2.42 bits per heavy atom. The standard InChI is InChI=1S/C22H14ClF2N3O3/c1-11-9-13(26-22(31)27-17-7-5-12(24)10-16(17)25)6-8-18(11)28-20(29)14-3-2-4-15(23)19(14)21(28)30/h2-10H,1H3,(H2,26,27,31). The first-order chi connectivity index (χ1) is 14.8. The van der Waals surface area contributed by atoms with Crippen LogP contribution in [0.2, 0.25) is 5.02 Å². The van der Waals surface area contributed by atoms with Gasteiger partial charge >= 0.3 is 6.03 Å². The van der Waals surface area contributed by atoms with Gasteiger partial charge in [0.1, 0.15) is 11.6 Å². The summed E-state index contributed by atoms with van der Waals surface area (Å²) in [5, 5.41) is 5.00. The van der Waals surface area contributed by atoms with Gasteiger partial charge in [-0.2, -0.15) is 0 Å². The van der Waals surface area contributed by atoms with Crippen LogP contribution in [0, 0.1) is 18.6 Å². The van der Waals surface area contributed by atoms with Crippen molar-refractivity contribution >= 4 is 46.5 Å². The normalized spacial score (nSPS) is 12.7. The van der Waals surface area contributed by atoms with Gasteiger partial charge in [0.25, 0.3) is 11.8 Å². The van der Waals surface area contributed by atoms with Crippen molar-refractivity contribution < 1.29 is 23.2 Å². The lowest BCUT2D eigenvalue weighted by atomic mass is 10.1. The first kappa shape index (κ1) is 20.5. The van der Waals surface area contributed by atoms with Crippen LogP contribution in [0.25, 0.3) is 0 Å². The summed E-state index contributed by atoms with van der Waals surface area (Å²) >= 11 is 6.09. The van der Waals surface area contributed by atoms with E-state index in [2.05, 4.69) is 10.6 Å². The molecule has 0 radical (unpaired) electrons. The first-order valence-electron chi connectivity index (χ1n) is 9.07. The predicted octanol–water partition coefficient (Wildman–Crippen LogP) is 5.37. The fourth-order valence-corrected chi connectivity index (χ4v) is 3.58. The topological polar surface area (TPSA) is 78.5 Å². The summed E-state index contributed by atoms with van der Waals surface area (Å²) < 4.78 is 26.7. The molecular formula is C22H14ClF2N3O3. The van der Waals surface area contributed by atoms with E-state index in [1.165, 1.54) is 24.3 Å². The number of nitrogens with one attached hydrogen (secondary N) is 2. The van der Waals surface area contributed by atoms with E-state index in [1.807, 2.05) is 0 Å². The number of hydrogen-bond acceptors (Lipinski definition) is 3. The lowest BCUT2D eigenvalue weighted by Crippen LogP contribution is -2.30. The third-order valence-corrected chi connectivity index (χ3v) is 5.05. The van der Waals surface area contributed by atoms with Crippen molar-refractivity contribution in [1.82, 2.24) is 0 Å². The third-order valence-electron chi connectivity index (χ3n) is 4.74. The molecule has 9 heteroatoms. The summed E-state index contributed by atoms with van der Waals surface area (Å²) in [5.41, 5.74) is 1.41. The third kappa shape index (κ3) is 3.73. The summed E-state index contributed by atoms with van der Waals surface area (Å²) in [6.45, 7) is 1.67. The molecule has 2 N–H and O–H groups in total. The maximum absolute atomic E-state index is 13.7. The summed E-state index contributed by atoms with van der Waals surface area (Å²) in [5.74, 6) is -2.69. The minimum atomic E-state index is -0.911. The lowest BCUT2D eigenvalue weighted by molar-refractivity contribution is 0.0926. The average molecular weight is 442 g/mol. The van der Waals surface area contributed by atoms with E-state index in [-0.39, 0.29) is 21.8 Å². The van der Waals surface area contributed by atoms with Gasteiger partial charge in [-0.15, -0.1) is 0 Å². The summed E-state index contributed by atoms with van der Waals surface area (Å²) in [7, 11) is 0. The van der Waals surface area contributed by atoms with Gasteiger partial charge < -0.3 is 10.6 Å². The number of hydrogen-bond donors (Lipinski definition) is 2. The van der Waals surface area contributed by atoms with E-state index in [4.69, 9.17) is 11.6 Å². The van der Waals surface area contributed by atoms with Crippen LogP contribution in [0.3, 0.4) is 0 Å². The number of fused-ring (bicyclic) bond motifs is 1. The molecule has 4 rings (SSSR count). The van der Waals surface area contributed by atoms with E-state index >= 15 is 0 Å². The SMILES string of the molecule is Cc1cc(NC(=O)Nc2ccc(F)cc2F)ccc1N1C(=O)c2cccc(Cl)c2C1=O. The van der Waals surface area contributed by atoms with Crippen LogP contribution >= 0.6 is 11.6 Å². The molecule has 0 aliphatic carbocycles. The van der Waals surface area contributed by atoms with Gasteiger partial charge in [-0.1, -0.05) is 17.7 Å². The molecule has 31 heavy (non-hydrogen) atoms. The number of imide groups is 1. The second-order valence-electron chi connectivity index (χ2n) is 6.81. The molecule has 0 unspecified atom stereocenters. The fourth-order valence-electron chi connectivity index (χ4n) is 3.32. The Bertz CT molecular complexity index is 1260. The molecule has 4 amide bonds. The van der Waals surface area contributed by atoms with Crippen molar-refractivity contribution in [2.75, 3.05) is 15.5 Å². The zero-order valence-corrected chi connectivity index (χ0v) is 16.8. The molecule has 3 aromatic carbocycles. The van der Waals surface area contributed by atoms with Crippen LogP contribution in [0.1, 0.15) is 26.3 Å². The molecule has 1 aliphatic heterocycles. The van der Waals surface area contributed by atoms with E-state index in [9.17, 15) is 23.2 Å². The maximum Gasteiger partial charge on any atom is 0.323 e. The highest BCUT2D eigenvalue weighted by atomic mass is 35.5. The number of nitrogens with zero attached hydrogens (tertiary/aromatic N) is 1. The molecule has 1 heterocycles. The predicted molar refractivity (Wildman–Crippen MR) is 113 cm³/mol. The van der Waals surface area contributed by atoms with Gasteiger partial charge in [-0.25, -0.2) is 18.5 Å². The van der Waals surface area contributed by atoms with Crippen LogP contribution < -0.4 is 15.5 Å². The van der Waals surface area contributed by atoms with Crippen molar-refractivity contribution in [3.63, 3.8) is 0 Å². The molecule has 156 valence electrons. The second kappa shape index (κ2) is 7.81. The molecule has 0 saturated carbocycles. The van der Waals surface area contributed by atoms with E-state index < -0.39 is 29.5 Å². The molecular weight excluding hydrogens is 428 g/mol. The highest BCUT2D eigenvalue weighted by Gasteiger charge is 2.38. The monoisotopic (exact) mass is 441 g/mol. The second-order valence-corrected chi connectivity index (χ2v) is 7.22. The fraction of sp³-hybridized carbons (Fsp3) is 0.0455. The molecule has 0 spiro atoms. The van der Waals surface area contributed by atoms with Crippen molar-refractivity contribution in [2.24, 2.45) is 0 Å². The van der Waals surface area contributed by atoms with Crippen molar-refractivity contribution in [3.05, 3.63) is 87.9 Å². The summed E-state index contributed by atoms with van der Waals surface area (Å²) in [4.78, 5) is 38.7. The number of halogens is 3. The molecule has 0 fully saturated rings. The van der Waals surface area contributed by atoms with Gasteiger partial charge in [0, 0.05) is 11.8 Å². The largest absolute Gasteiger partial charge is 0.323 e. The minimum Gasteiger partial charge on any atom is -0.308 e. The molecule has 0 saturated heterocycles. The summed E-state index contributed by atoms with van der Waals surface area (Å²) in [6.07, 6.45) is 0. The average Bonchev–Trinajstić information content (AvgIpc) is 2.96. The number of rotatable bonds is 3. The number of carbonyl (C=O) groups excluding carboxylic acids is 3. The Hall–Kier alpha value is -3.78. The van der Waals surface area contributed by atoms with Crippen LogP contribution in [0.15, 0.2) is 54.6 Å². The zero-order valence-electron chi connectivity index (χ0n) is 16.0. The number of amides is 4. The Labute approximate surface area is 180 Å². The van der Waals surface area contributed by atoms with Crippen LogP contribution in [0.5, 0.6) is 0 Å². The minimum absolute atomic E-state index is 0.150. The molecule has 0 atom stereocenters. The van der Waals surface area contributed by atoms with Gasteiger partial charge in [-0.05, 0) is 55.0 Å². The Morgan fingerprint density at radius 1 is 0.968 bits per heavy atom. The van der Waals surface area contributed by atoms with E-state index in [0.717, 1.165) is 17.0 Å². The van der Waals surface area contributed by atoms with E-state index in [0.29, 0.717) is 23.0 Å². The van der Waals surface area contributed by atoms with Crippen LogP contribution in [-0.4, -0.2) is 17.8 Å². The van der Waals surface area contributed by atoms with Gasteiger partial charge in [-0.3, -0.25) is 9.59 Å². The molecule has 3 aromatic rings. The zero-order chi connectivity index (χ0) is 22.3. The number of anilines is 3. The van der Waals surface area contributed by atoms with Crippen molar-refractivity contribution in [2.45, 2.75) is 6.92 Å². The van der Waals surface area contributed by atoms with Crippen LogP contribution in [-0.2, 0) is 0 Å².